The molecule has 2 heterocycles. The van der Waals surface area contributed by atoms with Gasteiger partial charge in [0.25, 0.3) is 11.1 Å². The van der Waals surface area contributed by atoms with E-state index in [0.29, 0.717) is 16.9 Å². The summed E-state index contributed by atoms with van der Waals surface area (Å²) in [7, 11) is 0. The molecule has 3 aromatic rings. The molecule has 0 spiro atoms. The molecule has 3 rings (SSSR count). The van der Waals surface area contributed by atoms with Crippen LogP contribution in [0.2, 0.25) is 0 Å². The SMILES string of the molecule is c1ccc(OCc2nnc(SCc3ccccn3)o2)cc1. The molecule has 0 N–H and O–H groups in total. The number of para-hydroxylation sites is 1. The third-order valence-corrected chi connectivity index (χ3v) is 3.48. The molecule has 1 aromatic carbocycles. The number of ether oxygens (including phenoxy) is 1. The first kappa shape index (κ1) is 13.6. The zero-order valence-corrected chi connectivity index (χ0v) is 12.0. The Labute approximate surface area is 126 Å². The van der Waals surface area contributed by atoms with E-state index in [1.54, 1.807) is 6.20 Å². The molecule has 0 saturated heterocycles. The zero-order valence-electron chi connectivity index (χ0n) is 11.2. The van der Waals surface area contributed by atoms with Crippen molar-refractivity contribution in [3.05, 3.63) is 66.3 Å². The summed E-state index contributed by atoms with van der Waals surface area (Å²) in [5.74, 6) is 1.93. The van der Waals surface area contributed by atoms with E-state index in [9.17, 15) is 0 Å². The van der Waals surface area contributed by atoms with Crippen LogP contribution in [0.4, 0.5) is 0 Å². The highest BCUT2D eigenvalue weighted by Gasteiger charge is 2.08. The number of aromatic nitrogens is 3. The number of pyridine rings is 1. The summed E-state index contributed by atoms with van der Waals surface area (Å²) in [5.41, 5.74) is 0.975. The standard InChI is InChI=1S/C15H13N3O2S/c1-2-7-13(8-3-1)19-10-14-17-18-15(20-14)21-11-12-6-4-5-9-16-12/h1-9H,10-11H2. The van der Waals surface area contributed by atoms with E-state index < -0.39 is 0 Å². The zero-order chi connectivity index (χ0) is 14.3. The average molecular weight is 299 g/mol. The highest BCUT2D eigenvalue weighted by molar-refractivity contribution is 7.98. The first-order valence-corrected chi connectivity index (χ1v) is 7.41. The van der Waals surface area contributed by atoms with Crippen molar-refractivity contribution in [3.8, 4) is 5.75 Å². The first-order valence-electron chi connectivity index (χ1n) is 6.43. The summed E-state index contributed by atoms with van der Waals surface area (Å²) < 4.78 is 11.1. The van der Waals surface area contributed by atoms with Gasteiger partial charge in [0.05, 0.1) is 5.69 Å². The second-order valence-electron chi connectivity index (χ2n) is 4.17. The smallest absolute Gasteiger partial charge is 0.277 e. The van der Waals surface area contributed by atoms with Crippen molar-refractivity contribution in [2.45, 2.75) is 17.6 Å². The minimum atomic E-state index is 0.265. The Balaban J connectivity index is 1.52. The van der Waals surface area contributed by atoms with Crippen LogP contribution in [0.25, 0.3) is 0 Å². The van der Waals surface area contributed by atoms with Crippen LogP contribution in [0, 0.1) is 0 Å². The van der Waals surface area contributed by atoms with Crippen LogP contribution in [0.1, 0.15) is 11.6 Å². The van der Waals surface area contributed by atoms with Gasteiger partial charge in [-0.2, -0.15) is 0 Å². The molecular formula is C15H13N3O2S. The predicted octanol–water partition coefficient (Wildman–Crippen LogP) is 3.34. The van der Waals surface area contributed by atoms with Gasteiger partial charge in [0.1, 0.15) is 5.75 Å². The molecule has 0 radical (unpaired) electrons. The fourth-order valence-electron chi connectivity index (χ4n) is 1.64. The molecule has 0 saturated carbocycles. The van der Waals surface area contributed by atoms with Gasteiger partial charge < -0.3 is 9.15 Å². The van der Waals surface area contributed by atoms with Crippen molar-refractivity contribution in [1.82, 2.24) is 15.2 Å². The lowest BCUT2D eigenvalue weighted by Gasteiger charge is -2.01. The van der Waals surface area contributed by atoms with Gasteiger partial charge in [0.2, 0.25) is 0 Å². The molecule has 0 amide bonds. The topological polar surface area (TPSA) is 61.0 Å². The third-order valence-electron chi connectivity index (χ3n) is 2.62. The van der Waals surface area contributed by atoms with Crippen LogP contribution in [0.15, 0.2) is 64.4 Å². The van der Waals surface area contributed by atoms with Gasteiger partial charge in [-0.1, -0.05) is 36.0 Å². The van der Waals surface area contributed by atoms with E-state index in [4.69, 9.17) is 9.15 Å². The van der Waals surface area contributed by atoms with Gasteiger partial charge in [-0.3, -0.25) is 4.98 Å². The number of hydrogen-bond donors (Lipinski definition) is 0. The highest BCUT2D eigenvalue weighted by atomic mass is 32.2. The van der Waals surface area contributed by atoms with Gasteiger partial charge in [-0.05, 0) is 24.3 Å². The fraction of sp³-hybridized carbons (Fsp3) is 0.133. The lowest BCUT2D eigenvalue weighted by Crippen LogP contribution is -1.95. The van der Waals surface area contributed by atoms with E-state index >= 15 is 0 Å². The maximum atomic E-state index is 5.55. The summed E-state index contributed by atoms with van der Waals surface area (Å²) in [6.45, 7) is 0.265. The summed E-state index contributed by atoms with van der Waals surface area (Å²) in [6.07, 6.45) is 1.77. The van der Waals surface area contributed by atoms with E-state index in [1.807, 2.05) is 48.5 Å². The number of thioether (sulfide) groups is 1. The normalized spacial score (nSPS) is 10.5. The van der Waals surface area contributed by atoms with Gasteiger partial charge in [0, 0.05) is 11.9 Å². The van der Waals surface area contributed by atoms with Crippen LogP contribution in [0.3, 0.4) is 0 Å². The quantitative estimate of drug-likeness (QED) is 0.651. The molecule has 5 nitrogen and oxygen atoms in total. The Morgan fingerprint density at radius 1 is 1.00 bits per heavy atom. The number of benzene rings is 1. The Hall–Kier alpha value is -2.34. The molecule has 21 heavy (non-hydrogen) atoms. The minimum Gasteiger partial charge on any atom is -0.484 e. The molecule has 6 heteroatoms. The Bertz CT molecular complexity index is 616. The summed E-state index contributed by atoms with van der Waals surface area (Å²) in [4.78, 5) is 4.24. The van der Waals surface area contributed by atoms with Crippen LogP contribution in [0.5, 0.6) is 5.75 Å². The van der Waals surface area contributed by atoms with E-state index in [-0.39, 0.29) is 6.61 Å². The van der Waals surface area contributed by atoms with Crippen molar-refractivity contribution in [2.24, 2.45) is 0 Å². The van der Waals surface area contributed by atoms with Crippen molar-refractivity contribution in [1.29, 1.82) is 0 Å². The highest BCUT2D eigenvalue weighted by Crippen LogP contribution is 2.20. The molecule has 0 bridgehead atoms. The Kier molecular flexibility index (Phi) is 4.48. The maximum absolute atomic E-state index is 5.55. The first-order chi connectivity index (χ1) is 10.4. The average Bonchev–Trinajstić information content (AvgIpc) is 3.01. The van der Waals surface area contributed by atoms with E-state index in [0.717, 1.165) is 11.4 Å². The second-order valence-corrected chi connectivity index (χ2v) is 5.10. The lowest BCUT2D eigenvalue weighted by atomic mass is 10.3. The van der Waals surface area contributed by atoms with Crippen molar-refractivity contribution >= 4 is 11.8 Å². The monoisotopic (exact) mass is 299 g/mol. The fourth-order valence-corrected chi connectivity index (χ4v) is 2.33. The predicted molar refractivity (Wildman–Crippen MR) is 78.9 cm³/mol. The number of hydrogen-bond acceptors (Lipinski definition) is 6. The largest absolute Gasteiger partial charge is 0.484 e. The van der Waals surface area contributed by atoms with Crippen molar-refractivity contribution < 1.29 is 9.15 Å². The molecular weight excluding hydrogens is 286 g/mol. The van der Waals surface area contributed by atoms with Gasteiger partial charge in [-0.15, -0.1) is 10.2 Å². The second kappa shape index (κ2) is 6.90. The van der Waals surface area contributed by atoms with Gasteiger partial charge in [-0.25, -0.2) is 0 Å². The molecule has 106 valence electrons. The van der Waals surface area contributed by atoms with E-state index in [2.05, 4.69) is 15.2 Å². The third kappa shape index (κ3) is 4.06. The maximum Gasteiger partial charge on any atom is 0.277 e. The van der Waals surface area contributed by atoms with Gasteiger partial charge in [0.15, 0.2) is 6.61 Å². The van der Waals surface area contributed by atoms with Crippen LogP contribution < -0.4 is 4.74 Å². The molecule has 0 aliphatic carbocycles. The lowest BCUT2D eigenvalue weighted by molar-refractivity contribution is 0.252. The van der Waals surface area contributed by atoms with E-state index in [1.165, 1.54) is 11.8 Å². The van der Waals surface area contributed by atoms with Gasteiger partial charge >= 0.3 is 0 Å². The van der Waals surface area contributed by atoms with Crippen molar-refractivity contribution in [2.75, 3.05) is 0 Å². The van der Waals surface area contributed by atoms with Crippen LogP contribution in [-0.2, 0) is 12.4 Å². The van der Waals surface area contributed by atoms with Crippen LogP contribution in [-0.4, -0.2) is 15.2 Å². The minimum absolute atomic E-state index is 0.265. The Morgan fingerprint density at radius 2 is 1.86 bits per heavy atom. The summed E-state index contributed by atoms with van der Waals surface area (Å²) in [5, 5.41) is 8.46. The summed E-state index contributed by atoms with van der Waals surface area (Å²) in [6, 6.07) is 15.3. The molecule has 0 fully saturated rings. The summed E-state index contributed by atoms with van der Waals surface area (Å²) >= 11 is 1.46. The number of rotatable bonds is 6. The molecule has 0 atom stereocenters. The van der Waals surface area contributed by atoms with Crippen molar-refractivity contribution in [3.63, 3.8) is 0 Å². The molecule has 0 aliphatic heterocycles. The number of nitrogens with zero attached hydrogens (tertiary/aromatic N) is 3. The van der Waals surface area contributed by atoms with Crippen LogP contribution >= 0.6 is 11.8 Å². The molecule has 2 aromatic heterocycles. The molecule has 0 unspecified atom stereocenters. The molecule has 0 aliphatic rings. The Morgan fingerprint density at radius 3 is 2.67 bits per heavy atom.